The normalized spacial score (nSPS) is 9.54. The van der Waals surface area contributed by atoms with Crippen LogP contribution in [0.5, 0.6) is 0 Å². The molecule has 0 saturated heterocycles. The van der Waals surface area contributed by atoms with Crippen LogP contribution in [-0.4, -0.2) is 6.54 Å². The highest BCUT2D eigenvalue weighted by Crippen LogP contribution is 2.02. The molecule has 0 bridgehead atoms. The third-order valence-corrected chi connectivity index (χ3v) is 1.86. The van der Waals surface area contributed by atoms with Crippen molar-refractivity contribution in [1.82, 2.24) is 5.32 Å². The van der Waals surface area contributed by atoms with Gasteiger partial charge in [0.15, 0.2) is 0 Å². The number of benzene rings is 1. The van der Waals surface area contributed by atoms with Gasteiger partial charge in [0.2, 0.25) is 0 Å². The number of aryl methyl sites for hydroxylation is 1. The molecule has 0 fully saturated rings. The molecule has 1 nitrogen and oxygen atoms in total. The van der Waals surface area contributed by atoms with E-state index in [0.717, 1.165) is 19.5 Å². The fraction of sp³-hybridized carbons (Fsp3) is 0.333. The molecule has 0 radical (unpaired) electrons. The van der Waals surface area contributed by atoms with Crippen LogP contribution in [0.2, 0.25) is 0 Å². The molecule has 0 aliphatic rings. The van der Waals surface area contributed by atoms with Gasteiger partial charge in [-0.05, 0) is 12.5 Å². The van der Waals surface area contributed by atoms with Gasteiger partial charge in [-0.2, -0.15) is 0 Å². The van der Waals surface area contributed by atoms with Crippen LogP contribution in [0.25, 0.3) is 0 Å². The molecule has 0 aromatic heterocycles. The van der Waals surface area contributed by atoms with Crippen LogP contribution in [0.15, 0.2) is 24.3 Å². The van der Waals surface area contributed by atoms with Gasteiger partial charge in [0.1, 0.15) is 0 Å². The Kier molecular flexibility index (Phi) is 4.08. The topological polar surface area (TPSA) is 12.0 Å². The van der Waals surface area contributed by atoms with Crippen LogP contribution in [0.3, 0.4) is 0 Å². The predicted octanol–water partition coefficient (Wildman–Crippen LogP) is 2.11. The van der Waals surface area contributed by atoms with Gasteiger partial charge in [-0.15, -0.1) is 12.3 Å². The average Bonchev–Trinajstić information content (AvgIpc) is 2.13. The quantitative estimate of drug-likeness (QED) is 0.543. The van der Waals surface area contributed by atoms with Crippen LogP contribution in [0, 0.1) is 19.3 Å². The largest absolute Gasteiger partial charge is 0.312 e. The smallest absolute Gasteiger partial charge is 0.0212 e. The van der Waals surface area contributed by atoms with Crippen molar-refractivity contribution in [3.05, 3.63) is 35.4 Å². The predicted molar refractivity (Wildman–Crippen MR) is 56.3 cm³/mol. The number of nitrogens with one attached hydrogen (secondary N) is 1. The maximum absolute atomic E-state index is 5.14. The van der Waals surface area contributed by atoms with Gasteiger partial charge in [-0.1, -0.05) is 29.8 Å². The van der Waals surface area contributed by atoms with E-state index in [1.807, 2.05) is 0 Å². The summed E-state index contributed by atoms with van der Waals surface area (Å²) in [4.78, 5) is 0. The molecule has 68 valence electrons. The van der Waals surface area contributed by atoms with Crippen LogP contribution >= 0.6 is 0 Å². The van der Waals surface area contributed by atoms with Gasteiger partial charge in [0.25, 0.3) is 0 Å². The summed E-state index contributed by atoms with van der Waals surface area (Å²) in [6.45, 7) is 3.90. The second kappa shape index (κ2) is 5.40. The Morgan fingerprint density at radius 1 is 1.46 bits per heavy atom. The van der Waals surface area contributed by atoms with E-state index in [-0.39, 0.29) is 0 Å². The van der Waals surface area contributed by atoms with E-state index in [4.69, 9.17) is 6.42 Å². The standard InChI is InChI=1S/C12H15N/c1-3-4-8-13-10-12-7-5-6-11(2)9-12/h1,5-7,9,13H,4,8,10H2,2H3. The second-order valence-electron chi connectivity index (χ2n) is 3.12. The van der Waals surface area contributed by atoms with Crippen LogP contribution in [-0.2, 0) is 6.54 Å². The molecule has 1 heteroatoms. The zero-order chi connectivity index (χ0) is 9.52. The number of hydrogen-bond donors (Lipinski definition) is 1. The van der Waals surface area contributed by atoms with Crippen molar-refractivity contribution in [2.45, 2.75) is 19.9 Å². The van der Waals surface area contributed by atoms with Gasteiger partial charge in [-0.25, -0.2) is 0 Å². The third kappa shape index (κ3) is 3.78. The molecule has 0 spiro atoms. The SMILES string of the molecule is C#CCCNCc1cccc(C)c1. The summed E-state index contributed by atoms with van der Waals surface area (Å²) >= 11 is 0. The van der Waals surface area contributed by atoms with Crippen LogP contribution < -0.4 is 5.32 Å². The van der Waals surface area contributed by atoms with E-state index in [2.05, 4.69) is 42.4 Å². The highest BCUT2D eigenvalue weighted by molar-refractivity contribution is 5.21. The van der Waals surface area contributed by atoms with Crippen molar-refractivity contribution >= 4 is 0 Å². The monoisotopic (exact) mass is 173 g/mol. The first kappa shape index (κ1) is 9.83. The highest BCUT2D eigenvalue weighted by atomic mass is 14.8. The summed E-state index contributed by atoms with van der Waals surface area (Å²) in [5.74, 6) is 2.60. The van der Waals surface area contributed by atoms with Crippen molar-refractivity contribution in [2.24, 2.45) is 0 Å². The lowest BCUT2D eigenvalue weighted by atomic mass is 10.1. The van der Waals surface area contributed by atoms with Crippen molar-refractivity contribution in [3.8, 4) is 12.3 Å². The maximum Gasteiger partial charge on any atom is 0.0212 e. The lowest BCUT2D eigenvalue weighted by Crippen LogP contribution is -2.14. The summed E-state index contributed by atoms with van der Waals surface area (Å²) in [5.41, 5.74) is 2.62. The van der Waals surface area contributed by atoms with Gasteiger partial charge < -0.3 is 5.32 Å². The zero-order valence-electron chi connectivity index (χ0n) is 8.01. The summed E-state index contributed by atoms with van der Waals surface area (Å²) in [6.07, 6.45) is 5.94. The molecule has 1 N–H and O–H groups in total. The second-order valence-corrected chi connectivity index (χ2v) is 3.12. The minimum Gasteiger partial charge on any atom is -0.312 e. The molecular weight excluding hydrogens is 158 g/mol. The molecule has 1 aromatic carbocycles. The molecule has 0 aliphatic heterocycles. The minimum absolute atomic E-state index is 0.797. The molecule has 0 aliphatic carbocycles. The summed E-state index contributed by atoms with van der Waals surface area (Å²) in [6, 6.07) is 8.48. The van der Waals surface area contributed by atoms with E-state index in [1.165, 1.54) is 11.1 Å². The van der Waals surface area contributed by atoms with Crippen LogP contribution in [0.4, 0.5) is 0 Å². The third-order valence-electron chi connectivity index (χ3n) is 1.86. The van der Waals surface area contributed by atoms with Gasteiger partial charge in [-0.3, -0.25) is 0 Å². The Morgan fingerprint density at radius 3 is 3.00 bits per heavy atom. The Morgan fingerprint density at radius 2 is 2.31 bits per heavy atom. The fourth-order valence-corrected chi connectivity index (χ4v) is 1.22. The molecule has 0 heterocycles. The van der Waals surface area contributed by atoms with Gasteiger partial charge in [0, 0.05) is 19.5 Å². The minimum atomic E-state index is 0.797. The molecule has 0 saturated carbocycles. The Hall–Kier alpha value is -1.26. The van der Waals surface area contributed by atoms with E-state index >= 15 is 0 Å². The number of rotatable bonds is 4. The van der Waals surface area contributed by atoms with E-state index in [9.17, 15) is 0 Å². The molecule has 0 amide bonds. The lowest BCUT2D eigenvalue weighted by molar-refractivity contribution is 0.701. The zero-order valence-corrected chi connectivity index (χ0v) is 8.01. The van der Waals surface area contributed by atoms with Crippen molar-refractivity contribution in [2.75, 3.05) is 6.54 Å². The molecule has 13 heavy (non-hydrogen) atoms. The van der Waals surface area contributed by atoms with Gasteiger partial charge in [0.05, 0.1) is 0 Å². The summed E-state index contributed by atoms with van der Waals surface area (Å²) in [7, 11) is 0. The Labute approximate surface area is 80.2 Å². The molecule has 1 rings (SSSR count). The van der Waals surface area contributed by atoms with E-state index in [1.54, 1.807) is 0 Å². The first-order valence-electron chi connectivity index (χ1n) is 4.52. The van der Waals surface area contributed by atoms with Crippen molar-refractivity contribution in [3.63, 3.8) is 0 Å². The summed E-state index contributed by atoms with van der Waals surface area (Å²) in [5, 5.41) is 3.29. The van der Waals surface area contributed by atoms with Gasteiger partial charge >= 0.3 is 0 Å². The first-order valence-corrected chi connectivity index (χ1v) is 4.52. The average molecular weight is 173 g/mol. The number of hydrogen-bond acceptors (Lipinski definition) is 1. The molecule has 0 atom stereocenters. The highest BCUT2D eigenvalue weighted by Gasteiger charge is 1.91. The number of terminal acetylenes is 1. The fourth-order valence-electron chi connectivity index (χ4n) is 1.22. The maximum atomic E-state index is 5.14. The Balaban J connectivity index is 2.33. The Bertz CT molecular complexity index is 296. The lowest BCUT2D eigenvalue weighted by Gasteiger charge is -2.03. The molecule has 0 unspecified atom stereocenters. The molecule has 1 aromatic rings. The van der Waals surface area contributed by atoms with E-state index < -0.39 is 0 Å². The van der Waals surface area contributed by atoms with Crippen LogP contribution in [0.1, 0.15) is 17.5 Å². The van der Waals surface area contributed by atoms with E-state index in [0.29, 0.717) is 0 Å². The molecular formula is C12H15N. The summed E-state index contributed by atoms with van der Waals surface area (Å²) < 4.78 is 0. The first-order chi connectivity index (χ1) is 6.33. The van der Waals surface area contributed by atoms with Crippen molar-refractivity contribution in [1.29, 1.82) is 0 Å². The van der Waals surface area contributed by atoms with Crippen molar-refractivity contribution < 1.29 is 0 Å².